The van der Waals surface area contributed by atoms with Gasteiger partial charge in [-0.15, -0.1) is 0 Å². The first-order valence-corrected chi connectivity index (χ1v) is 4.58. The minimum Gasteiger partial charge on any atom is -0.480 e. The van der Waals surface area contributed by atoms with E-state index in [0.29, 0.717) is 0 Å². The van der Waals surface area contributed by atoms with Crippen LogP contribution in [0, 0.1) is 11.6 Å². The molecule has 0 amide bonds. The van der Waals surface area contributed by atoms with Crippen molar-refractivity contribution >= 4 is 5.97 Å². The number of carbonyl (C=O) groups is 1. The van der Waals surface area contributed by atoms with Crippen molar-refractivity contribution in [3.8, 4) is 0 Å². The quantitative estimate of drug-likeness (QED) is 0.709. The van der Waals surface area contributed by atoms with Gasteiger partial charge in [0, 0.05) is 0 Å². The van der Waals surface area contributed by atoms with Gasteiger partial charge < -0.3 is 16.2 Å². The van der Waals surface area contributed by atoms with Gasteiger partial charge in [-0.05, 0) is 24.7 Å². The fourth-order valence-corrected chi connectivity index (χ4v) is 1.37. The van der Waals surface area contributed by atoms with Crippen molar-refractivity contribution in [2.45, 2.75) is 12.1 Å². The molecule has 4 N–H and O–H groups in total. The molecule has 0 aromatic heterocycles. The minimum atomic E-state index is -1.15. The Labute approximate surface area is 91.1 Å². The summed E-state index contributed by atoms with van der Waals surface area (Å²) in [5.74, 6) is -3.19. The number of benzene rings is 1. The molecular weight excluding hydrogens is 218 g/mol. The van der Waals surface area contributed by atoms with Gasteiger partial charge >= 0.3 is 5.97 Å². The minimum absolute atomic E-state index is 0.223. The summed E-state index contributed by atoms with van der Waals surface area (Å²) in [6.07, 6.45) is 0. The number of hydrogen-bond acceptors (Lipinski definition) is 3. The lowest BCUT2D eigenvalue weighted by molar-refractivity contribution is -0.139. The van der Waals surface area contributed by atoms with Gasteiger partial charge in [-0.2, -0.15) is 0 Å². The molecule has 2 atom stereocenters. The molecular formula is C10H12F2N2O2. The molecule has 2 unspecified atom stereocenters. The maximum atomic E-state index is 12.9. The highest BCUT2D eigenvalue weighted by atomic mass is 19.2. The van der Waals surface area contributed by atoms with E-state index in [1.807, 2.05) is 0 Å². The molecule has 88 valence electrons. The first kappa shape index (κ1) is 12.5. The molecule has 0 radical (unpaired) electrons. The number of aliphatic carboxylic acids is 1. The summed E-state index contributed by atoms with van der Waals surface area (Å²) < 4.78 is 25.6. The Morgan fingerprint density at radius 1 is 1.44 bits per heavy atom. The maximum Gasteiger partial charge on any atom is 0.322 e. The van der Waals surface area contributed by atoms with Crippen LogP contribution in [0.1, 0.15) is 11.6 Å². The van der Waals surface area contributed by atoms with Gasteiger partial charge in [-0.3, -0.25) is 4.79 Å². The second kappa shape index (κ2) is 5.00. The van der Waals surface area contributed by atoms with Crippen molar-refractivity contribution in [2.24, 2.45) is 5.73 Å². The number of hydrogen-bond donors (Lipinski definition) is 3. The Hall–Kier alpha value is -1.53. The smallest absolute Gasteiger partial charge is 0.322 e. The van der Waals surface area contributed by atoms with Crippen LogP contribution < -0.4 is 11.1 Å². The molecule has 1 rings (SSSR count). The average Bonchev–Trinajstić information content (AvgIpc) is 2.22. The number of nitrogens with one attached hydrogen (secondary N) is 1. The van der Waals surface area contributed by atoms with Crippen LogP contribution in [0.15, 0.2) is 18.2 Å². The molecule has 0 bridgehead atoms. The first-order valence-electron chi connectivity index (χ1n) is 4.58. The summed E-state index contributed by atoms with van der Waals surface area (Å²) in [5, 5.41) is 11.3. The van der Waals surface area contributed by atoms with Crippen molar-refractivity contribution in [1.29, 1.82) is 0 Å². The van der Waals surface area contributed by atoms with E-state index in [0.717, 1.165) is 12.1 Å². The zero-order valence-corrected chi connectivity index (χ0v) is 8.58. The monoisotopic (exact) mass is 230 g/mol. The zero-order chi connectivity index (χ0) is 12.3. The van der Waals surface area contributed by atoms with E-state index >= 15 is 0 Å². The SMILES string of the molecule is CNC(C(=O)O)C(N)c1ccc(F)c(F)c1. The molecule has 0 aliphatic carbocycles. The summed E-state index contributed by atoms with van der Waals surface area (Å²) in [6.45, 7) is 0. The van der Waals surface area contributed by atoms with Crippen molar-refractivity contribution in [1.82, 2.24) is 5.32 Å². The van der Waals surface area contributed by atoms with E-state index in [2.05, 4.69) is 5.32 Å². The van der Waals surface area contributed by atoms with Crippen molar-refractivity contribution in [3.05, 3.63) is 35.4 Å². The van der Waals surface area contributed by atoms with E-state index < -0.39 is 29.7 Å². The van der Waals surface area contributed by atoms with E-state index in [-0.39, 0.29) is 5.56 Å². The van der Waals surface area contributed by atoms with Crippen LogP contribution in [0.5, 0.6) is 0 Å². The lowest BCUT2D eigenvalue weighted by atomic mass is 10.0. The third kappa shape index (κ3) is 2.53. The van der Waals surface area contributed by atoms with Crippen LogP contribution in [-0.4, -0.2) is 24.2 Å². The van der Waals surface area contributed by atoms with E-state index in [1.165, 1.54) is 13.1 Å². The fourth-order valence-electron chi connectivity index (χ4n) is 1.37. The second-order valence-electron chi connectivity index (χ2n) is 3.30. The van der Waals surface area contributed by atoms with Crippen LogP contribution >= 0.6 is 0 Å². The van der Waals surface area contributed by atoms with Crippen LogP contribution in [0.2, 0.25) is 0 Å². The molecule has 0 saturated heterocycles. The number of carboxylic acids is 1. The van der Waals surface area contributed by atoms with Crippen molar-refractivity contribution in [2.75, 3.05) is 7.05 Å². The van der Waals surface area contributed by atoms with Crippen LogP contribution in [0.4, 0.5) is 8.78 Å². The number of likely N-dealkylation sites (N-methyl/N-ethyl adjacent to an activating group) is 1. The number of halogens is 2. The van der Waals surface area contributed by atoms with Gasteiger partial charge in [0.25, 0.3) is 0 Å². The molecule has 1 aromatic rings. The standard InChI is InChI=1S/C10H12F2N2O2/c1-14-9(10(15)16)8(13)5-2-3-6(11)7(12)4-5/h2-4,8-9,14H,13H2,1H3,(H,15,16). The Morgan fingerprint density at radius 2 is 2.06 bits per heavy atom. The van der Waals surface area contributed by atoms with Crippen molar-refractivity contribution < 1.29 is 18.7 Å². The normalized spacial score (nSPS) is 14.5. The third-order valence-corrected chi connectivity index (χ3v) is 2.26. The van der Waals surface area contributed by atoms with E-state index in [4.69, 9.17) is 10.8 Å². The Morgan fingerprint density at radius 3 is 2.50 bits per heavy atom. The van der Waals surface area contributed by atoms with Crippen molar-refractivity contribution in [3.63, 3.8) is 0 Å². The number of carboxylic acid groups (broad SMARTS) is 1. The molecule has 0 saturated carbocycles. The fraction of sp³-hybridized carbons (Fsp3) is 0.300. The van der Waals surface area contributed by atoms with Crippen LogP contribution in [0.3, 0.4) is 0 Å². The Bertz CT molecular complexity index is 398. The molecule has 0 spiro atoms. The van der Waals surface area contributed by atoms with Gasteiger partial charge in [0.15, 0.2) is 11.6 Å². The Kier molecular flexibility index (Phi) is 3.92. The highest BCUT2D eigenvalue weighted by molar-refractivity contribution is 5.74. The lowest BCUT2D eigenvalue weighted by Gasteiger charge is -2.19. The first-order chi connectivity index (χ1) is 7.47. The predicted octanol–water partition coefficient (Wildman–Crippen LogP) is 0.637. The summed E-state index contributed by atoms with van der Waals surface area (Å²) in [4.78, 5) is 10.8. The van der Waals surface area contributed by atoms with E-state index in [1.54, 1.807) is 0 Å². The summed E-state index contributed by atoms with van der Waals surface area (Å²) in [7, 11) is 1.43. The predicted molar refractivity (Wildman–Crippen MR) is 53.8 cm³/mol. The highest BCUT2D eigenvalue weighted by Gasteiger charge is 2.25. The van der Waals surface area contributed by atoms with Gasteiger partial charge in [-0.25, -0.2) is 8.78 Å². The molecule has 1 aromatic carbocycles. The van der Waals surface area contributed by atoms with Gasteiger partial charge in [0.2, 0.25) is 0 Å². The van der Waals surface area contributed by atoms with Gasteiger partial charge in [-0.1, -0.05) is 6.07 Å². The summed E-state index contributed by atoms with van der Waals surface area (Å²) >= 11 is 0. The van der Waals surface area contributed by atoms with Gasteiger partial charge in [0.05, 0.1) is 6.04 Å². The van der Waals surface area contributed by atoms with Crippen LogP contribution in [-0.2, 0) is 4.79 Å². The summed E-state index contributed by atoms with van der Waals surface area (Å²) in [5.41, 5.74) is 5.86. The number of rotatable bonds is 4. The average molecular weight is 230 g/mol. The largest absolute Gasteiger partial charge is 0.480 e. The molecule has 0 aliphatic rings. The maximum absolute atomic E-state index is 12.9. The Balaban J connectivity index is 2.99. The molecule has 0 aliphatic heterocycles. The van der Waals surface area contributed by atoms with Gasteiger partial charge in [0.1, 0.15) is 6.04 Å². The zero-order valence-electron chi connectivity index (χ0n) is 8.58. The second-order valence-corrected chi connectivity index (χ2v) is 3.30. The molecule has 4 nitrogen and oxygen atoms in total. The molecule has 6 heteroatoms. The molecule has 0 fully saturated rings. The van der Waals surface area contributed by atoms with E-state index in [9.17, 15) is 13.6 Å². The highest BCUT2D eigenvalue weighted by Crippen LogP contribution is 2.17. The molecule has 16 heavy (non-hydrogen) atoms. The van der Waals surface area contributed by atoms with Crippen LogP contribution in [0.25, 0.3) is 0 Å². The summed E-state index contributed by atoms with van der Waals surface area (Å²) in [6, 6.07) is 1.07. The number of nitrogens with two attached hydrogens (primary N) is 1. The molecule has 0 heterocycles. The third-order valence-electron chi connectivity index (χ3n) is 2.26. The topological polar surface area (TPSA) is 75.3 Å². The lowest BCUT2D eigenvalue weighted by Crippen LogP contribution is -2.43.